The standard InChI is InChI=1S/C19H23FN2O2.ClH/c1-2-15(24-18-11-7-6-10-16(18)20)13-22-19(23)12-17(21)14-8-4-3-5-9-14;/h3-11,15,17H,2,12-13,21H2,1H3,(H,22,23);1H. The molecule has 0 aliphatic rings. The molecule has 2 aromatic carbocycles. The zero-order chi connectivity index (χ0) is 17.4. The van der Waals surface area contributed by atoms with Gasteiger partial charge in [0, 0.05) is 12.5 Å². The maximum Gasteiger partial charge on any atom is 0.222 e. The van der Waals surface area contributed by atoms with Crippen molar-refractivity contribution < 1.29 is 13.9 Å². The van der Waals surface area contributed by atoms with Gasteiger partial charge in [-0.3, -0.25) is 4.79 Å². The van der Waals surface area contributed by atoms with Crippen LogP contribution in [-0.4, -0.2) is 18.6 Å². The first kappa shape index (κ1) is 20.9. The van der Waals surface area contributed by atoms with Gasteiger partial charge >= 0.3 is 0 Å². The Morgan fingerprint density at radius 1 is 1.16 bits per heavy atom. The largest absolute Gasteiger partial charge is 0.486 e. The molecule has 1 amide bonds. The lowest BCUT2D eigenvalue weighted by Gasteiger charge is -2.19. The lowest BCUT2D eigenvalue weighted by atomic mass is 10.0. The summed E-state index contributed by atoms with van der Waals surface area (Å²) in [6.45, 7) is 2.23. The monoisotopic (exact) mass is 366 g/mol. The van der Waals surface area contributed by atoms with Crippen molar-refractivity contribution in [3.05, 3.63) is 66.0 Å². The van der Waals surface area contributed by atoms with Crippen LogP contribution >= 0.6 is 12.4 Å². The van der Waals surface area contributed by atoms with Crippen molar-refractivity contribution in [1.29, 1.82) is 0 Å². The number of halogens is 2. The normalized spacial score (nSPS) is 12.6. The van der Waals surface area contributed by atoms with Crippen LogP contribution in [0.3, 0.4) is 0 Å². The van der Waals surface area contributed by atoms with Gasteiger partial charge in [-0.05, 0) is 24.1 Å². The van der Waals surface area contributed by atoms with Gasteiger partial charge in [-0.25, -0.2) is 4.39 Å². The molecule has 0 fully saturated rings. The van der Waals surface area contributed by atoms with E-state index >= 15 is 0 Å². The summed E-state index contributed by atoms with van der Waals surface area (Å²) in [6.07, 6.45) is 0.554. The number of carbonyl (C=O) groups excluding carboxylic acids is 1. The van der Waals surface area contributed by atoms with Crippen molar-refractivity contribution in [3.63, 3.8) is 0 Å². The Labute approximate surface area is 154 Å². The molecule has 25 heavy (non-hydrogen) atoms. The summed E-state index contributed by atoms with van der Waals surface area (Å²) < 4.78 is 19.2. The summed E-state index contributed by atoms with van der Waals surface area (Å²) in [5, 5.41) is 2.81. The van der Waals surface area contributed by atoms with Gasteiger partial charge in [0.05, 0.1) is 6.54 Å². The van der Waals surface area contributed by atoms with Gasteiger partial charge < -0.3 is 15.8 Å². The molecule has 0 heterocycles. The zero-order valence-electron chi connectivity index (χ0n) is 14.2. The molecule has 2 aromatic rings. The van der Waals surface area contributed by atoms with Crippen LogP contribution in [0.4, 0.5) is 4.39 Å². The number of hydrogen-bond acceptors (Lipinski definition) is 3. The Balaban J connectivity index is 0.00000312. The molecule has 6 heteroatoms. The highest BCUT2D eigenvalue weighted by molar-refractivity contribution is 5.85. The molecule has 0 saturated heterocycles. The number of nitrogens with one attached hydrogen (secondary N) is 1. The smallest absolute Gasteiger partial charge is 0.222 e. The van der Waals surface area contributed by atoms with Gasteiger partial charge in [0.2, 0.25) is 5.91 Å². The van der Waals surface area contributed by atoms with E-state index in [-0.39, 0.29) is 42.6 Å². The van der Waals surface area contributed by atoms with Crippen molar-refractivity contribution >= 4 is 18.3 Å². The number of ether oxygens (including phenoxy) is 1. The topological polar surface area (TPSA) is 64.4 Å². The van der Waals surface area contributed by atoms with E-state index in [9.17, 15) is 9.18 Å². The van der Waals surface area contributed by atoms with Crippen LogP contribution in [0.5, 0.6) is 5.75 Å². The highest BCUT2D eigenvalue weighted by atomic mass is 35.5. The van der Waals surface area contributed by atoms with E-state index in [0.29, 0.717) is 13.0 Å². The first-order valence-electron chi connectivity index (χ1n) is 8.08. The maximum atomic E-state index is 13.6. The Kier molecular flexibility index (Phi) is 8.95. The molecule has 0 saturated carbocycles. The van der Waals surface area contributed by atoms with Crippen LogP contribution in [0.15, 0.2) is 54.6 Å². The van der Waals surface area contributed by atoms with Crippen molar-refractivity contribution in [2.45, 2.75) is 31.9 Å². The first-order chi connectivity index (χ1) is 11.6. The summed E-state index contributed by atoms with van der Waals surface area (Å²) in [5.74, 6) is -0.366. The van der Waals surface area contributed by atoms with E-state index in [1.165, 1.54) is 6.07 Å². The molecule has 0 bridgehead atoms. The van der Waals surface area contributed by atoms with Crippen molar-refractivity contribution in [1.82, 2.24) is 5.32 Å². The van der Waals surface area contributed by atoms with E-state index in [1.807, 2.05) is 37.3 Å². The van der Waals surface area contributed by atoms with Crippen LogP contribution in [0, 0.1) is 5.82 Å². The van der Waals surface area contributed by atoms with Crippen LogP contribution in [-0.2, 0) is 4.79 Å². The molecule has 0 spiro atoms. The van der Waals surface area contributed by atoms with Crippen LogP contribution < -0.4 is 15.8 Å². The third kappa shape index (κ3) is 6.72. The van der Waals surface area contributed by atoms with Gasteiger partial charge in [-0.1, -0.05) is 49.4 Å². The fourth-order valence-electron chi connectivity index (χ4n) is 2.31. The van der Waals surface area contributed by atoms with Gasteiger partial charge in [0.1, 0.15) is 6.10 Å². The Bertz CT molecular complexity index is 655. The third-order valence-electron chi connectivity index (χ3n) is 3.75. The van der Waals surface area contributed by atoms with E-state index in [0.717, 1.165) is 5.56 Å². The summed E-state index contributed by atoms with van der Waals surface area (Å²) in [7, 11) is 0. The van der Waals surface area contributed by atoms with Crippen LogP contribution in [0.2, 0.25) is 0 Å². The average Bonchev–Trinajstić information content (AvgIpc) is 2.60. The Hall–Kier alpha value is -2.11. The van der Waals surface area contributed by atoms with E-state index in [1.54, 1.807) is 18.2 Å². The predicted octanol–water partition coefficient (Wildman–Crippen LogP) is 3.61. The molecule has 0 aliphatic carbocycles. The molecule has 136 valence electrons. The molecule has 0 aliphatic heterocycles. The minimum absolute atomic E-state index is 0. The molecule has 0 aromatic heterocycles. The summed E-state index contributed by atoms with van der Waals surface area (Å²) in [4.78, 5) is 12.0. The van der Waals surface area contributed by atoms with Gasteiger partial charge in [-0.15, -0.1) is 12.4 Å². The minimum Gasteiger partial charge on any atom is -0.486 e. The number of rotatable bonds is 8. The molecule has 4 nitrogen and oxygen atoms in total. The van der Waals surface area contributed by atoms with E-state index in [4.69, 9.17) is 10.5 Å². The van der Waals surface area contributed by atoms with E-state index < -0.39 is 5.82 Å². The SMILES string of the molecule is CCC(CNC(=O)CC(N)c1ccccc1)Oc1ccccc1F.Cl. The number of hydrogen-bond donors (Lipinski definition) is 2. The van der Waals surface area contributed by atoms with Crippen molar-refractivity contribution in [2.75, 3.05) is 6.54 Å². The van der Waals surface area contributed by atoms with Gasteiger partial charge in [-0.2, -0.15) is 0 Å². The fraction of sp³-hybridized carbons (Fsp3) is 0.316. The number of carbonyl (C=O) groups is 1. The molecule has 2 atom stereocenters. The molecular weight excluding hydrogens is 343 g/mol. The third-order valence-corrected chi connectivity index (χ3v) is 3.75. The number of nitrogens with two attached hydrogens (primary N) is 1. The van der Waals surface area contributed by atoms with Crippen molar-refractivity contribution in [3.8, 4) is 5.75 Å². The Morgan fingerprint density at radius 3 is 2.44 bits per heavy atom. The summed E-state index contributed by atoms with van der Waals surface area (Å²) >= 11 is 0. The van der Waals surface area contributed by atoms with Gasteiger partial charge in [0.15, 0.2) is 11.6 Å². The van der Waals surface area contributed by atoms with Gasteiger partial charge in [0.25, 0.3) is 0 Å². The average molecular weight is 367 g/mol. The molecule has 2 rings (SSSR count). The highest BCUT2D eigenvalue weighted by Crippen LogP contribution is 2.18. The van der Waals surface area contributed by atoms with Crippen LogP contribution in [0.25, 0.3) is 0 Å². The number of para-hydroxylation sites is 1. The predicted molar refractivity (Wildman–Crippen MR) is 99.4 cm³/mol. The molecule has 0 radical (unpaired) electrons. The second-order valence-corrected chi connectivity index (χ2v) is 5.60. The van der Waals surface area contributed by atoms with Crippen molar-refractivity contribution in [2.24, 2.45) is 5.73 Å². The fourth-order valence-corrected chi connectivity index (χ4v) is 2.31. The summed E-state index contributed by atoms with van der Waals surface area (Å²) in [6, 6.07) is 15.4. The molecule has 2 unspecified atom stereocenters. The number of amides is 1. The highest BCUT2D eigenvalue weighted by Gasteiger charge is 2.15. The lowest BCUT2D eigenvalue weighted by molar-refractivity contribution is -0.121. The van der Waals surface area contributed by atoms with Crippen LogP contribution in [0.1, 0.15) is 31.4 Å². The maximum absolute atomic E-state index is 13.6. The molecule has 3 N–H and O–H groups in total. The second kappa shape index (κ2) is 10.7. The van der Waals surface area contributed by atoms with E-state index in [2.05, 4.69) is 5.32 Å². The quantitative estimate of drug-likeness (QED) is 0.750. The number of benzene rings is 2. The Morgan fingerprint density at radius 2 is 1.80 bits per heavy atom. The summed E-state index contributed by atoms with van der Waals surface area (Å²) in [5.41, 5.74) is 6.96. The minimum atomic E-state index is -0.409. The zero-order valence-corrected chi connectivity index (χ0v) is 15.0. The first-order valence-corrected chi connectivity index (χ1v) is 8.08. The lowest BCUT2D eigenvalue weighted by Crippen LogP contribution is -2.36. The second-order valence-electron chi connectivity index (χ2n) is 5.60. The molecular formula is C19H24ClFN2O2.